The first kappa shape index (κ1) is 16.4. The monoisotopic (exact) mass is 332 g/mol. The van der Waals surface area contributed by atoms with E-state index in [4.69, 9.17) is 11.6 Å². The van der Waals surface area contributed by atoms with E-state index in [0.29, 0.717) is 11.8 Å². The Hall–Kier alpha value is -1.48. The maximum Gasteiger partial charge on any atom is 0.225 e. The number of aromatic nitrogens is 1. The van der Waals surface area contributed by atoms with Gasteiger partial charge in [0.2, 0.25) is 5.91 Å². The van der Waals surface area contributed by atoms with E-state index in [1.54, 1.807) is 0 Å². The highest BCUT2D eigenvalue weighted by Crippen LogP contribution is 2.34. The van der Waals surface area contributed by atoms with Crippen LogP contribution in [0, 0.1) is 5.92 Å². The number of hydrogen-bond donors (Lipinski definition) is 1. The van der Waals surface area contributed by atoms with Crippen LogP contribution >= 0.6 is 11.6 Å². The van der Waals surface area contributed by atoms with E-state index in [9.17, 15) is 4.79 Å². The Kier molecular flexibility index (Phi) is 4.96. The van der Waals surface area contributed by atoms with Gasteiger partial charge in [-0.15, -0.1) is 0 Å². The lowest BCUT2D eigenvalue weighted by Crippen LogP contribution is -2.41. The van der Waals surface area contributed by atoms with Crippen LogP contribution in [0.5, 0.6) is 0 Å². The quantitative estimate of drug-likeness (QED) is 0.843. The minimum Gasteiger partial charge on any atom is -0.361 e. The van der Waals surface area contributed by atoms with Crippen molar-refractivity contribution < 1.29 is 4.79 Å². The number of nitrogens with one attached hydrogen (secondary N) is 1. The largest absolute Gasteiger partial charge is 0.361 e. The number of amides is 1. The third kappa shape index (κ3) is 3.25. The Balaban J connectivity index is 1.71. The van der Waals surface area contributed by atoms with Crippen LogP contribution in [0.4, 0.5) is 0 Å². The molecule has 0 bridgehead atoms. The van der Waals surface area contributed by atoms with Gasteiger partial charge in [-0.3, -0.25) is 4.79 Å². The van der Waals surface area contributed by atoms with Gasteiger partial charge in [-0.25, -0.2) is 0 Å². The van der Waals surface area contributed by atoms with Crippen molar-refractivity contribution in [2.24, 2.45) is 5.92 Å². The van der Waals surface area contributed by atoms with Gasteiger partial charge in [0.1, 0.15) is 0 Å². The number of nitrogens with zero attached hydrogens (tertiary/aromatic N) is 1. The van der Waals surface area contributed by atoms with Gasteiger partial charge in [-0.05, 0) is 55.4 Å². The van der Waals surface area contributed by atoms with Crippen molar-refractivity contribution in [2.45, 2.75) is 45.4 Å². The first-order valence-electron chi connectivity index (χ1n) is 8.69. The molecule has 0 spiro atoms. The highest BCUT2D eigenvalue weighted by Gasteiger charge is 2.28. The summed E-state index contributed by atoms with van der Waals surface area (Å²) in [5.41, 5.74) is 2.48. The zero-order valence-electron chi connectivity index (χ0n) is 13.9. The molecule has 2 aromatic rings. The zero-order chi connectivity index (χ0) is 16.4. The fourth-order valence-corrected chi connectivity index (χ4v) is 3.93. The van der Waals surface area contributed by atoms with E-state index in [1.165, 1.54) is 10.9 Å². The van der Waals surface area contributed by atoms with Crippen LogP contribution in [0.3, 0.4) is 0 Å². The van der Waals surface area contributed by atoms with Crippen molar-refractivity contribution in [3.8, 4) is 0 Å². The van der Waals surface area contributed by atoms with Crippen molar-refractivity contribution in [3.05, 3.63) is 35.0 Å². The molecule has 124 valence electrons. The van der Waals surface area contributed by atoms with Crippen molar-refractivity contribution >= 4 is 28.4 Å². The standard InChI is InChI=1S/C19H25ClN2O/c1-3-13(4-2)19(23)22-9-7-14(8-10-22)17-12-21-18-6-5-15(20)11-16(17)18/h5-6,11-14,21H,3-4,7-10H2,1-2H3. The Morgan fingerprint density at radius 1 is 1.30 bits per heavy atom. The molecule has 4 heteroatoms. The number of fused-ring (bicyclic) bond motifs is 1. The van der Waals surface area contributed by atoms with Gasteiger partial charge in [-0.2, -0.15) is 0 Å². The second-order valence-corrected chi connectivity index (χ2v) is 6.98. The third-order valence-corrected chi connectivity index (χ3v) is 5.49. The average molecular weight is 333 g/mol. The van der Waals surface area contributed by atoms with Gasteiger partial charge >= 0.3 is 0 Å². The van der Waals surface area contributed by atoms with Gasteiger partial charge in [0.15, 0.2) is 0 Å². The molecule has 1 aliphatic rings. The number of benzene rings is 1. The van der Waals surface area contributed by atoms with Crippen LogP contribution in [-0.2, 0) is 4.79 Å². The Bertz CT molecular complexity index is 682. The summed E-state index contributed by atoms with van der Waals surface area (Å²) < 4.78 is 0. The molecule has 1 saturated heterocycles. The van der Waals surface area contributed by atoms with Crippen molar-refractivity contribution in [1.29, 1.82) is 0 Å². The summed E-state index contributed by atoms with van der Waals surface area (Å²) in [6, 6.07) is 6.00. The summed E-state index contributed by atoms with van der Waals surface area (Å²) in [7, 11) is 0. The van der Waals surface area contributed by atoms with Crippen molar-refractivity contribution in [3.63, 3.8) is 0 Å². The summed E-state index contributed by atoms with van der Waals surface area (Å²) in [6.45, 7) is 5.95. The SMILES string of the molecule is CCC(CC)C(=O)N1CCC(c2c[nH]c3ccc(Cl)cc23)CC1. The van der Waals surface area contributed by atoms with Gasteiger partial charge in [-0.1, -0.05) is 25.4 Å². The van der Waals surface area contributed by atoms with Crippen LogP contribution in [0.25, 0.3) is 10.9 Å². The number of carbonyl (C=O) groups excluding carboxylic acids is 1. The molecule has 23 heavy (non-hydrogen) atoms. The molecule has 3 nitrogen and oxygen atoms in total. The predicted molar refractivity (Wildman–Crippen MR) is 95.9 cm³/mol. The van der Waals surface area contributed by atoms with Gasteiger partial charge in [0.25, 0.3) is 0 Å². The van der Waals surface area contributed by atoms with E-state index in [0.717, 1.165) is 49.3 Å². The molecule has 0 atom stereocenters. The molecule has 0 saturated carbocycles. The summed E-state index contributed by atoms with van der Waals surface area (Å²) in [5, 5.41) is 2.00. The fraction of sp³-hybridized carbons (Fsp3) is 0.526. The molecule has 0 radical (unpaired) electrons. The first-order valence-corrected chi connectivity index (χ1v) is 9.07. The Labute approximate surface area is 143 Å². The second-order valence-electron chi connectivity index (χ2n) is 6.55. The number of likely N-dealkylation sites (tertiary alicyclic amines) is 1. The molecular formula is C19H25ClN2O. The maximum absolute atomic E-state index is 12.5. The lowest BCUT2D eigenvalue weighted by molar-refractivity contribution is -0.136. The fourth-order valence-electron chi connectivity index (χ4n) is 3.76. The highest BCUT2D eigenvalue weighted by atomic mass is 35.5. The number of piperidine rings is 1. The molecule has 0 unspecified atom stereocenters. The molecule has 1 aromatic carbocycles. The molecule has 3 rings (SSSR count). The van der Waals surface area contributed by atoms with E-state index >= 15 is 0 Å². The van der Waals surface area contributed by atoms with E-state index in [2.05, 4.69) is 29.9 Å². The summed E-state index contributed by atoms with van der Waals surface area (Å²) in [6.07, 6.45) is 6.06. The molecule has 1 aromatic heterocycles. The number of aromatic amines is 1. The average Bonchev–Trinajstić information content (AvgIpc) is 2.99. The topological polar surface area (TPSA) is 36.1 Å². The number of halogens is 1. The van der Waals surface area contributed by atoms with E-state index in [1.807, 2.05) is 18.2 Å². The maximum atomic E-state index is 12.5. The predicted octanol–water partition coefficient (Wildman–Crippen LogP) is 4.96. The van der Waals surface area contributed by atoms with Crippen molar-refractivity contribution in [1.82, 2.24) is 9.88 Å². The molecule has 0 aliphatic carbocycles. The molecule has 1 amide bonds. The lowest BCUT2D eigenvalue weighted by atomic mass is 9.88. The third-order valence-electron chi connectivity index (χ3n) is 5.26. The van der Waals surface area contributed by atoms with E-state index < -0.39 is 0 Å². The normalized spacial score (nSPS) is 16.4. The molecule has 1 N–H and O–H groups in total. The lowest BCUT2D eigenvalue weighted by Gasteiger charge is -2.34. The summed E-state index contributed by atoms with van der Waals surface area (Å²) in [4.78, 5) is 17.9. The minimum atomic E-state index is 0.193. The summed E-state index contributed by atoms with van der Waals surface area (Å²) >= 11 is 6.15. The van der Waals surface area contributed by atoms with Gasteiger partial charge < -0.3 is 9.88 Å². The van der Waals surface area contributed by atoms with Gasteiger partial charge in [0.05, 0.1) is 0 Å². The first-order chi connectivity index (χ1) is 11.1. The highest BCUT2D eigenvalue weighted by molar-refractivity contribution is 6.31. The number of hydrogen-bond acceptors (Lipinski definition) is 1. The van der Waals surface area contributed by atoms with Crippen LogP contribution < -0.4 is 0 Å². The van der Waals surface area contributed by atoms with Gasteiger partial charge in [0, 0.05) is 41.1 Å². The zero-order valence-corrected chi connectivity index (χ0v) is 14.7. The number of rotatable bonds is 4. The smallest absolute Gasteiger partial charge is 0.225 e. The van der Waals surface area contributed by atoms with Crippen LogP contribution in [-0.4, -0.2) is 28.9 Å². The second kappa shape index (κ2) is 6.96. The molecular weight excluding hydrogens is 308 g/mol. The molecule has 2 heterocycles. The number of H-pyrrole nitrogens is 1. The van der Waals surface area contributed by atoms with Crippen molar-refractivity contribution in [2.75, 3.05) is 13.1 Å². The van der Waals surface area contributed by atoms with Crippen LogP contribution in [0.15, 0.2) is 24.4 Å². The minimum absolute atomic E-state index is 0.193. The summed E-state index contributed by atoms with van der Waals surface area (Å²) in [5.74, 6) is 1.04. The van der Waals surface area contributed by atoms with Crippen LogP contribution in [0.2, 0.25) is 5.02 Å². The Morgan fingerprint density at radius 2 is 2.00 bits per heavy atom. The molecule has 1 aliphatic heterocycles. The number of carbonyl (C=O) groups is 1. The Morgan fingerprint density at radius 3 is 2.65 bits per heavy atom. The van der Waals surface area contributed by atoms with E-state index in [-0.39, 0.29) is 5.92 Å². The molecule has 1 fully saturated rings. The van der Waals surface area contributed by atoms with Crippen LogP contribution in [0.1, 0.15) is 51.0 Å².